The van der Waals surface area contributed by atoms with Gasteiger partial charge in [-0.15, -0.1) is 0 Å². The lowest BCUT2D eigenvalue weighted by Crippen LogP contribution is -2.39. The average molecular weight is 297 g/mol. The fraction of sp³-hybridized carbons (Fsp3) is 0.462. The highest BCUT2D eigenvalue weighted by Gasteiger charge is 2.16. The Hall–Kier alpha value is -0.870. The van der Waals surface area contributed by atoms with Crippen molar-refractivity contribution in [1.82, 2.24) is 10.2 Å². The zero-order valence-electron chi connectivity index (χ0n) is 9.79. The second-order valence-corrected chi connectivity index (χ2v) is 5.18. The highest BCUT2D eigenvalue weighted by Crippen LogP contribution is 2.14. The van der Waals surface area contributed by atoms with Crippen LogP contribution in [0, 0.1) is 0 Å². The molecular formula is C13H17BrN2O. The number of nitrogens with one attached hydrogen (secondary N) is 1. The fourth-order valence-corrected chi connectivity index (χ4v) is 2.41. The summed E-state index contributed by atoms with van der Waals surface area (Å²) in [5.74, 6) is 0.134. The van der Waals surface area contributed by atoms with Gasteiger partial charge in [-0.2, -0.15) is 0 Å². The van der Waals surface area contributed by atoms with Gasteiger partial charge in [0, 0.05) is 29.7 Å². The third-order valence-corrected chi connectivity index (χ3v) is 3.44. The molecule has 0 atom stereocenters. The van der Waals surface area contributed by atoms with Crippen LogP contribution in [-0.4, -0.2) is 37.0 Å². The lowest BCUT2D eigenvalue weighted by Gasteiger charge is -2.25. The fourth-order valence-electron chi connectivity index (χ4n) is 2.01. The first kappa shape index (κ1) is 12.6. The van der Waals surface area contributed by atoms with Crippen molar-refractivity contribution in [2.45, 2.75) is 12.8 Å². The summed E-state index contributed by atoms with van der Waals surface area (Å²) < 4.78 is 0.952. The molecule has 2 rings (SSSR count). The first-order chi connectivity index (χ1) is 8.27. The number of carbonyl (C=O) groups excluding carboxylic acids is 1. The Kier molecular flexibility index (Phi) is 4.57. The van der Waals surface area contributed by atoms with Gasteiger partial charge in [-0.1, -0.05) is 22.0 Å². The van der Waals surface area contributed by atoms with E-state index in [0.29, 0.717) is 0 Å². The second kappa shape index (κ2) is 6.17. The van der Waals surface area contributed by atoms with E-state index in [9.17, 15) is 4.79 Å². The van der Waals surface area contributed by atoms with Gasteiger partial charge in [0.15, 0.2) is 0 Å². The van der Waals surface area contributed by atoms with E-state index in [-0.39, 0.29) is 5.91 Å². The van der Waals surface area contributed by atoms with E-state index in [0.717, 1.165) is 49.1 Å². The highest BCUT2D eigenvalue weighted by atomic mass is 79.9. The summed E-state index contributed by atoms with van der Waals surface area (Å²) in [6, 6.07) is 7.60. The predicted octanol–water partition coefficient (Wildman–Crippen LogP) is 2.27. The Labute approximate surface area is 110 Å². The molecule has 4 heteroatoms. The minimum absolute atomic E-state index is 0.134. The number of nitrogens with zero attached hydrogens (tertiary/aromatic N) is 1. The summed E-state index contributed by atoms with van der Waals surface area (Å²) in [4.78, 5) is 14.2. The largest absolute Gasteiger partial charge is 0.337 e. The van der Waals surface area contributed by atoms with Gasteiger partial charge in [-0.05, 0) is 37.6 Å². The molecule has 0 radical (unpaired) electrons. The van der Waals surface area contributed by atoms with Crippen LogP contribution in [-0.2, 0) is 0 Å². The summed E-state index contributed by atoms with van der Waals surface area (Å²) in [5.41, 5.74) is 0.764. The molecule has 1 heterocycles. The Morgan fingerprint density at radius 1 is 1.24 bits per heavy atom. The molecule has 1 aliphatic heterocycles. The standard InChI is InChI=1S/C13H17BrN2O/c14-12-5-3-4-11(10-12)13(17)16-8-2-1-6-15-7-9-16/h3-5,10,15H,1-2,6-9H2. The maximum Gasteiger partial charge on any atom is 0.253 e. The maximum atomic E-state index is 12.3. The molecule has 1 fully saturated rings. The summed E-state index contributed by atoms with van der Waals surface area (Å²) in [6.45, 7) is 3.62. The number of rotatable bonds is 1. The average Bonchev–Trinajstić information content (AvgIpc) is 2.28. The van der Waals surface area contributed by atoms with Crippen molar-refractivity contribution in [3.8, 4) is 0 Å². The Bertz CT molecular complexity index is 387. The molecule has 0 saturated carbocycles. The molecule has 0 aliphatic carbocycles. The lowest BCUT2D eigenvalue weighted by atomic mass is 10.1. The van der Waals surface area contributed by atoms with Crippen LogP contribution in [0.15, 0.2) is 28.7 Å². The monoisotopic (exact) mass is 296 g/mol. The zero-order chi connectivity index (χ0) is 12.1. The first-order valence-corrected chi connectivity index (χ1v) is 6.82. The third-order valence-electron chi connectivity index (χ3n) is 2.95. The van der Waals surface area contributed by atoms with Crippen molar-refractivity contribution in [3.05, 3.63) is 34.3 Å². The van der Waals surface area contributed by atoms with Crippen LogP contribution in [0.25, 0.3) is 0 Å². The molecule has 1 aromatic rings. The van der Waals surface area contributed by atoms with Gasteiger partial charge in [-0.25, -0.2) is 0 Å². The Morgan fingerprint density at radius 3 is 2.94 bits per heavy atom. The van der Waals surface area contributed by atoms with Gasteiger partial charge in [0.05, 0.1) is 0 Å². The number of benzene rings is 1. The molecule has 1 N–H and O–H groups in total. The Balaban J connectivity index is 2.07. The molecule has 0 bridgehead atoms. The lowest BCUT2D eigenvalue weighted by molar-refractivity contribution is 0.0748. The van der Waals surface area contributed by atoms with Gasteiger partial charge in [0.1, 0.15) is 0 Å². The van der Waals surface area contributed by atoms with Crippen LogP contribution >= 0.6 is 15.9 Å². The molecule has 1 aliphatic rings. The van der Waals surface area contributed by atoms with E-state index in [2.05, 4.69) is 21.2 Å². The van der Waals surface area contributed by atoms with Crippen molar-refractivity contribution in [1.29, 1.82) is 0 Å². The van der Waals surface area contributed by atoms with Crippen LogP contribution < -0.4 is 5.32 Å². The van der Waals surface area contributed by atoms with Crippen molar-refractivity contribution in [2.75, 3.05) is 26.2 Å². The summed E-state index contributed by atoms with van der Waals surface area (Å²) in [7, 11) is 0. The number of hydrogen-bond donors (Lipinski definition) is 1. The minimum Gasteiger partial charge on any atom is -0.337 e. The molecule has 17 heavy (non-hydrogen) atoms. The maximum absolute atomic E-state index is 12.3. The van der Waals surface area contributed by atoms with E-state index in [1.165, 1.54) is 0 Å². The number of amides is 1. The smallest absolute Gasteiger partial charge is 0.253 e. The van der Waals surface area contributed by atoms with Crippen LogP contribution in [0.4, 0.5) is 0 Å². The zero-order valence-corrected chi connectivity index (χ0v) is 11.4. The molecule has 0 spiro atoms. The van der Waals surface area contributed by atoms with Gasteiger partial charge in [-0.3, -0.25) is 4.79 Å². The second-order valence-electron chi connectivity index (χ2n) is 4.26. The van der Waals surface area contributed by atoms with Gasteiger partial charge >= 0.3 is 0 Å². The molecule has 3 nitrogen and oxygen atoms in total. The molecular weight excluding hydrogens is 280 g/mol. The van der Waals surface area contributed by atoms with Crippen molar-refractivity contribution >= 4 is 21.8 Å². The van der Waals surface area contributed by atoms with E-state index in [4.69, 9.17) is 0 Å². The van der Waals surface area contributed by atoms with Crippen LogP contribution in [0.1, 0.15) is 23.2 Å². The highest BCUT2D eigenvalue weighted by molar-refractivity contribution is 9.10. The summed E-state index contributed by atoms with van der Waals surface area (Å²) in [5, 5.41) is 3.33. The summed E-state index contributed by atoms with van der Waals surface area (Å²) in [6.07, 6.45) is 2.22. The predicted molar refractivity (Wildman–Crippen MR) is 72.1 cm³/mol. The van der Waals surface area contributed by atoms with E-state index in [1.54, 1.807) is 0 Å². The van der Waals surface area contributed by atoms with E-state index < -0.39 is 0 Å². The Morgan fingerprint density at radius 2 is 2.12 bits per heavy atom. The number of carbonyl (C=O) groups is 1. The molecule has 0 unspecified atom stereocenters. The van der Waals surface area contributed by atoms with Crippen molar-refractivity contribution < 1.29 is 4.79 Å². The number of hydrogen-bond acceptors (Lipinski definition) is 2. The first-order valence-electron chi connectivity index (χ1n) is 6.03. The molecule has 1 aromatic carbocycles. The summed E-state index contributed by atoms with van der Waals surface area (Å²) >= 11 is 3.40. The minimum atomic E-state index is 0.134. The SMILES string of the molecule is O=C(c1cccc(Br)c1)N1CCCCNCC1. The molecule has 1 saturated heterocycles. The van der Waals surface area contributed by atoms with Crippen LogP contribution in [0.2, 0.25) is 0 Å². The van der Waals surface area contributed by atoms with E-state index in [1.807, 2.05) is 29.2 Å². The van der Waals surface area contributed by atoms with Crippen molar-refractivity contribution in [2.24, 2.45) is 0 Å². The molecule has 92 valence electrons. The van der Waals surface area contributed by atoms with Gasteiger partial charge < -0.3 is 10.2 Å². The topological polar surface area (TPSA) is 32.3 Å². The van der Waals surface area contributed by atoms with Crippen LogP contribution in [0.5, 0.6) is 0 Å². The third kappa shape index (κ3) is 3.54. The quantitative estimate of drug-likeness (QED) is 0.862. The molecule has 0 aromatic heterocycles. The number of halogens is 1. The van der Waals surface area contributed by atoms with Gasteiger partial charge in [0.25, 0.3) is 5.91 Å². The normalized spacial score (nSPS) is 17.4. The van der Waals surface area contributed by atoms with Gasteiger partial charge in [0.2, 0.25) is 0 Å². The van der Waals surface area contributed by atoms with Crippen LogP contribution in [0.3, 0.4) is 0 Å². The molecule has 1 amide bonds. The van der Waals surface area contributed by atoms with Crippen molar-refractivity contribution in [3.63, 3.8) is 0 Å². The van der Waals surface area contributed by atoms with E-state index >= 15 is 0 Å².